The first-order valence-electron chi connectivity index (χ1n) is 7.07. The lowest BCUT2D eigenvalue weighted by atomic mass is 10.1. The second kappa shape index (κ2) is 6.98. The maximum absolute atomic E-state index is 10.7. The predicted molar refractivity (Wildman–Crippen MR) is 84.6 cm³/mol. The van der Waals surface area contributed by atoms with Gasteiger partial charge in [-0.2, -0.15) is 0 Å². The Labute approximate surface area is 130 Å². The normalized spacial score (nSPS) is 10.3. The summed E-state index contributed by atoms with van der Waals surface area (Å²) in [5, 5.41) is 8.81. The minimum absolute atomic E-state index is 0.0266. The minimum Gasteiger partial charge on any atom is -0.496 e. The summed E-state index contributed by atoms with van der Waals surface area (Å²) in [7, 11) is 1.65. The smallest absolute Gasteiger partial charge is 0.307 e. The number of ether oxygens (including phenoxy) is 2. The van der Waals surface area contributed by atoms with Gasteiger partial charge in [-0.3, -0.25) is 4.79 Å². The molecule has 0 aromatic heterocycles. The number of carboxylic acids is 1. The Kier molecular flexibility index (Phi) is 5.04. The molecule has 0 unspecified atom stereocenters. The molecular weight excluding hydrogens is 280 g/mol. The van der Waals surface area contributed by atoms with E-state index in [4.69, 9.17) is 14.6 Å². The molecule has 2 aromatic carbocycles. The minimum atomic E-state index is -0.832. The van der Waals surface area contributed by atoms with Crippen molar-refractivity contribution < 1.29 is 19.4 Å². The summed E-state index contributed by atoms with van der Waals surface area (Å²) in [6.45, 7) is 4.37. The lowest BCUT2D eigenvalue weighted by Gasteiger charge is -2.12. The molecule has 0 radical (unpaired) electrons. The first kappa shape index (κ1) is 15.9. The van der Waals surface area contributed by atoms with Crippen LogP contribution < -0.4 is 9.47 Å². The summed E-state index contributed by atoms with van der Waals surface area (Å²) < 4.78 is 11.1. The molecule has 0 heterocycles. The van der Waals surface area contributed by atoms with Gasteiger partial charge in [0, 0.05) is 0 Å². The van der Waals surface area contributed by atoms with Crippen molar-refractivity contribution in [2.24, 2.45) is 0 Å². The molecule has 2 aromatic rings. The standard InChI is InChI=1S/C18H20O4/c1-12-9-15(5-6-16(12)21-3)11-22-17-7-4-14(8-13(17)2)10-18(19)20/h4-9H,10-11H2,1-3H3,(H,19,20). The Bertz CT molecular complexity index is 677. The summed E-state index contributed by atoms with van der Waals surface area (Å²) >= 11 is 0. The van der Waals surface area contributed by atoms with Crippen molar-refractivity contribution in [3.05, 3.63) is 58.7 Å². The Hall–Kier alpha value is -2.49. The van der Waals surface area contributed by atoms with E-state index in [0.717, 1.165) is 33.8 Å². The molecule has 4 nitrogen and oxygen atoms in total. The average molecular weight is 300 g/mol. The Morgan fingerprint density at radius 2 is 1.59 bits per heavy atom. The molecule has 4 heteroatoms. The van der Waals surface area contributed by atoms with Crippen LogP contribution in [-0.2, 0) is 17.8 Å². The van der Waals surface area contributed by atoms with E-state index in [1.807, 2.05) is 44.2 Å². The van der Waals surface area contributed by atoms with Crippen molar-refractivity contribution >= 4 is 5.97 Å². The first-order chi connectivity index (χ1) is 10.5. The van der Waals surface area contributed by atoms with Gasteiger partial charge in [-0.05, 0) is 54.3 Å². The molecule has 0 bridgehead atoms. The molecular formula is C18H20O4. The fraction of sp³-hybridized carbons (Fsp3) is 0.278. The number of carboxylic acid groups (broad SMARTS) is 1. The van der Waals surface area contributed by atoms with E-state index < -0.39 is 5.97 Å². The topological polar surface area (TPSA) is 55.8 Å². The van der Waals surface area contributed by atoms with Gasteiger partial charge in [0.15, 0.2) is 0 Å². The van der Waals surface area contributed by atoms with Crippen LogP contribution in [0.5, 0.6) is 11.5 Å². The van der Waals surface area contributed by atoms with E-state index in [1.165, 1.54) is 0 Å². The van der Waals surface area contributed by atoms with Crippen LogP contribution in [0.4, 0.5) is 0 Å². The van der Waals surface area contributed by atoms with Gasteiger partial charge in [0.2, 0.25) is 0 Å². The largest absolute Gasteiger partial charge is 0.496 e. The average Bonchev–Trinajstić information content (AvgIpc) is 2.46. The fourth-order valence-corrected chi connectivity index (χ4v) is 2.35. The first-order valence-corrected chi connectivity index (χ1v) is 7.07. The molecule has 1 N–H and O–H groups in total. The van der Waals surface area contributed by atoms with Gasteiger partial charge in [-0.1, -0.05) is 18.2 Å². The number of hydrogen-bond donors (Lipinski definition) is 1. The molecule has 2 rings (SSSR count). The number of aryl methyl sites for hydroxylation is 2. The molecule has 0 aliphatic carbocycles. The highest BCUT2D eigenvalue weighted by atomic mass is 16.5. The van der Waals surface area contributed by atoms with E-state index in [0.29, 0.717) is 6.61 Å². The van der Waals surface area contributed by atoms with Crippen LogP contribution in [0.1, 0.15) is 22.3 Å². The highest BCUT2D eigenvalue weighted by Gasteiger charge is 2.06. The third kappa shape index (κ3) is 4.01. The number of methoxy groups -OCH3 is 1. The van der Waals surface area contributed by atoms with Crippen molar-refractivity contribution in [3.8, 4) is 11.5 Å². The summed E-state index contributed by atoms with van der Waals surface area (Å²) in [6, 6.07) is 11.4. The van der Waals surface area contributed by atoms with E-state index in [1.54, 1.807) is 13.2 Å². The maximum Gasteiger partial charge on any atom is 0.307 e. The van der Waals surface area contributed by atoms with Crippen LogP contribution in [-0.4, -0.2) is 18.2 Å². The zero-order valence-electron chi connectivity index (χ0n) is 13.1. The molecule has 0 spiro atoms. The third-order valence-corrected chi connectivity index (χ3v) is 3.45. The second-order valence-electron chi connectivity index (χ2n) is 5.26. The van der Waals surface area contributed by atoms with E-state index in [9.17, 15) is 4.79 Å². The number of benzene rings is 2. The van der Waals surface area contributed by atoms with Gasteiger partial charge in [0.25, 0.3) is 0 Å². The number of hydrogen-bond acceptors (Lipinski definition) is 3. The molecule has 22 heavy (non-hydrogen) atoms. The van der Waals surface area contributed by atoms with E-state index in [2.05, 4.69) is 0 Å². The van der Waals surface area contributed by atoms with Crippen molar-refractivity contribution in [2.45, 2.75) is 26.9 Å². The quantitative estimate of drug-likeness (QED) is 0.887. The van der Waals surface area contributed by atoms with Crippen LogP contribution in [0.2, 0.25) is 0 Å². The molecule has 0 aliphatic rings. The van der Waals surface area contributed by atoms with Crippen LogP contribution in [0, 0.1) is 13.8 Å². The molecule has 0 amide bonds. The summed E-state index contributed by atoms with van der Waals surface area (Å²) in [4.78, 5) is 10.7. The van der Waals surface area contributed by atoms with Crippen LogP contribution in [0.15, 0.2) is 36.4 Å². The zero-order chi connectivity index (χ0) is 16.1. The Balaban J connectivity index is 2.05. The van der Waals surface area contributed by atoms with Crippen LogP contribution >= 0.6 is 0 Å². The molecule has 0 saturated heterocycles. The molecule has 0 fully saturated rings. The fourth-order valence-electron chi connectivity index (χ4n) is 2.35. The number of aliphatic carboxylic acids is 1. The zero-order valence-corrected chi connectivity index (χ0v) is 13.1. The van der Waals surface area contributed by atoms with Crippen LogP contribution in [0.25, 0.3) is 0 Å². The molecule has 0 atom stereocenters. The second-order valence-corrected chi connectivity index (χ2v) is 5.26. The number of carbonyl (C=O) groups is 1. The summed E-state index contributed by atoms with van der Waals surface area (Å²) in [5.41, 5.74) is 3.84. The highest BCUT2D eigenvalue weighted by Crippen LogP contribution is 2.23. The lowest BCUT2D eigenvalue weighted by Crippen LogP contribution is -2.02. The van der Waals surface area contributed by atoms with Gasteiger partial charge in [-0.25, -0.2) is 0 Å². The SMILES string of the molecule is COc1ccc(COc2ccc(CC(=O)O)cc2C)cc1C. The van der Waals surface area contributed by atoms with Gasteiger partial charge < -0.3 is 14.6 Å². The van der Waals surface area contributed by atoms with Crippen LogP contribution in [0.3, 0.4) is 0 Å². The third-order valence-electron chi connectivity index (χ3n) is 3.45. The monoisotopic (exact) mass is 300 g/mol. The van der Waals surface area contributed by atoms with E-state index >= 15 is 0 Å². The van der Waals surface area contributed by atoms with Gasteiger partial charge >= 0.3 is 5.97 Å². The van der Waals surface area contributed by atoms with Crippen molar-refractivity contribution in [2.75, 3.05) is 7.11 Å². The number of rotatable bonds is 6. The Morgan fingerprint density at radius 3 is 2.18 bits per heavy atom. The highest BCUT2D eigenvalue weighted by molar-refractivity contribution is 5.70. The Morgan fingerprint density at radius 1 is 1.00 bits per heavy atom. The van der Waals surface area contributed by atoms with E-state index in [-0.39, 0.29) is 6.42 Å². The lowest BCUT2D eigenvalue weighted by molar-refractivity contribution is -0.136. The van der Waals surface area contributed by atoms with Crippen molar-refractivity contribution in [1.29, 1.82) is 0 Å². The summed E-state index contributed by atoms with van der Waals surface area (Å²) in [5.74, 6) is 0.794. The van der Waals surface area contributed by atoms with Gasteiger partial charge in [0.05, 0.1) is 13.5 Å². The predicted octanol–water partition coefficient (Wildman–Crippen LogP) is 3.52. The van der Waals surface area contributed by atoms with Crippen molar-refractivity contribution in [1.82, 2.24) is 0 Å². The molecule has 116 valence electrons. The molecule has 0 aliphatic heterocycles. The summed E-state index contributed by atoms with van der Waals surface area (Å²) in [6.07, 6.45) is 0.0266. The van der Waals surface area contributed by atoms with Gasteiger partial charge in [0.1, 0.15) is 18.1 Å². The molecule has 0 saturated carbocycles. The van der Waals surface area contributed by atoms with Gasteiger partial charge in [-0.15, -0.1) is 0 Å². The maximum atomic E-state index is 10.7. The van der Waals surface area contributed by atoms with Crippen molar-refractivity contribution in [3.63, 3.8) is 0 Å².